The number of rotatable bonds is 4. The SMILES string of the molecule is COc1ccc(C)c(Cn2nc(C)c(C3CCCC3)cc2=O)c1C. The topological polar surface area (TPSA) is 44.1 Å². The second-order valence-electron chi connectivity index (χ2n) is 6.85. The molecule has 1 aliphatic carbocycles. The van der Waals surface area contributed by atoms with E-state index in [-0.39, 0.29) is 5.56 Å². The number of hydrogen-bond donors (Lipinski definition) is 0. The van der Waals surface area contributed by atoms with Crippen molar-refractivity contribution in [2.45, 2.75) is 58.9 Å². The van der Waals surface area contributed by atoms with Gasteiger partial charge in [0.2, 0.25) is 0 Å². The molecule has 0 saturated heterocycles. The second-order valence-corrected chi connectivity index (χ2v) is 6.85. The van der Waals surface area contributed by atoms with Crippen molar-refractivity contribution in [3.05, 3.63) is 56.5 Å². The first-order valence-corrected chi connectivity index (χ1v) is 8.73. The zero-order valence-corrected chi connectivity index (χ0v) is 15.1. The highest BCUT2D eigenvalue weighted by Gasteiger charge is 2.21. The predicted molar refractivity (Wildman–Crippen MR) is 96.0 cm³/mol. The number of hydrogen-bond acceptors (Lipinski definition) is 3. The highest BCUT2D eigenvalue weighted by molar-refractivity contribution is 5.44. The molecule has 0 bridgehead atoms. The van der Waals surface area contributed by atoms with Crippen LogP contribution in [0.3, 0.4) is 0 Å². The molecule has 24 heavy (non-hydrogen) atoms. The minimum Gasteiger partial charge on any atom is -0.496 e. The lowest BCUT2D eigenvalue weighted by Crippen LogP contribution is -2.26. The van der Waals surface area contributed by atoms with Gasteiger partial charge in [-0.05, 0) is 67.9 Å². The summed E-state index contributed by atoms with van der Waals surface area (Å²) in [5.74, 6) is 1.36. The minimum atomic E-state index is -0.0101. The summed E-state index contributed by atoms with van der Waals surface area (Å²) < 4.78 is 7.00. The Morgan fingerprint density at radius 1 is 1.21 bits per heavy atom. The van der Waals surface area contributed by atoms with Crippen LogP contribution in [0.15, 0.2) is 23.0 Å². The molecular formula is C20H26N2O2. The molecule has 0 radical (unpaired) electrons. The van der Waals surface area contributed by atoms with Crippen molar-refractivity contribution in [2.24, 2.45) is 0 Å². The van der Waals surface area contributed by atoms with E-state index in [9.17, 15) is 4.79 Å². The van der Waals surface area contributed by atoms with Gasteiger partial charge in [-0.2, -0.15) is 5.10 Å². The number of methoxy groups -OCH3 is 1. The average Bonchev–Trinajstić information content (AvgIpc) is 3.08. The van der Waals surface area contributed by atoms with Crippen molar-refractivity contribution in [1.29, 1.82) is 0 Å². The average molecular weight is 326 g/mol. The lowest BCUT2D eigenvalue weighted by molar-refractivity contribution is 0.410. The molecule has 0 amide bonds. The third-order valence-corrected chi connectivity index (χ3v) is 5.33. The molecule has 2 aromatic rings. The molecule has 0 unspecified atom stereocenters. The van der Waals surface area contributed by atoms with Crippen LogP contribution in [-0.2, 0) is 6.54 Å². The van der Waals surface area contributed by atoms with Crippen LogP contribution >= 0.6 is 0 Å². The van der Waals surface area contributed by atoms with Crippen molar-refractivity contribution in [3.63, 3.8) is 0 Å². The normalized spacial score (nSPS) is 15.0. The second kappa shape index (κ2) is 6.80. The molecule has 0 spiro atoms. The van der Waals surface area contributed by atoms with Crippen LogP contribution in [0.2, 0.25) is 0 Å². The molecule has 1 aliphatic rings. The first kappa shape index (κ1) is 16.7. The summed E-state index contributed by atoms with van der Waals surface area (Å²) in [7, 11) is 1.67. The van der Waals surface area contributed by atoms with Gasteiger partial charge in [0, 0.05) is 6.07 Å². The molecule has 3 rings (SSSR count). The van der Waals surface area contributed by atoms with Gasteiger partial charge >= 0.3 is 0 Å². The fourth-order valence-corrected chi connectivity index (χ4v) is 3.85. The zero-order chi connectivity index (χ0) is 17.3. The first-order valence-electron chi connectivity index (χ1n) is 8.73. The van der Waals surface area contributed by atoms with Crippen LogP contribution in [0.1, 0.15) is 59.5 Å². The highest BCUT2D eigenvalue weighted by atomic mass is 16.5. The van der Waals surface area contributed by atoms with E-state index in [4.69, 9.17) is 4.74 Å². The van der Waals surface area contributed by atoms with Crippen LogP contribution in [0.5, 0.6) is 5.75 Å². The summed E-state index contributed by atoms with van der Waals surface area (Å²) in [5.41, 5.74) is 5.46. The van der Waals surface area contributed by atoms with Crippen LogP contribution < -0.4 is 10.3 Å². The molecule has 4 nitrogen and oxygen atoms in total. The maximum atomic E-state index is 12.6. The van der Waals surface area contributed by atoms with E-state index in [0.717, 1.165) is 33.7 Å². The van der Waals surface area contributed by atoms with E-state index >= 15 is 0 Å². The monoisotopic (exact) mass is 326 g/mol. The standard InChI is InChI=1S/C20H26N2O2/c1-13-9-10-19(24-4)14(2)18(13)12-22-20(23)11-17(15(3)21-22)16-7-5-6-8-16/h9-11,16H,5-8,12H2,1-4H3. The Morgan fingerprint density at radius 2 is 1.92 bits per heavy atom. The molecule has 0 aliphatic heterocycles. The first-order chi connectivity index (χ1) is 11.5. The summed E-state index contributed by atoms with van der Waals surface area (Å²) in [6.07, 6.45) is 4.88. The maximum absolute atomic E-state index is 12.6. The minimum absolute atomic E-state index is 0.0101. The Hall–Kier alpha value is -2.10. The summed E-state index contributed by atoms with van der Waals surface area (Å²) in [5, 5.41) is 4.61. The van der Waals surface area contributed by atoms with Crippen molar-refractivity contribution in [2.75, 3.05) is 7.11 Å². The summed E-state index contributed by atoms with van der Waals surface area (Å²) in [6.45, 7) is 6.60. The lowest BCUT2D eigenvalue weighted by Gasteiger charge is -2.17. The Balaban J connectivity index is 1.97. The fourth-order valence-electron chi connectivity index (χ4n) is 3.85. The van der Waals surface area contributed by atoms with E-state index in [1.165, 1.54) is 25.7 Å². The summed E-state index contributed by atoms with van der Waals surface area (Å²) >= 11 is 0. The van der Waals surface area contributed by atoms with Gasteiger partial charge in [-0.1, -0.05) is 18.9 Å². The number of aryl methyl sites for hydroxylation is 2. The van der Waals surface area contributed by atoms with E-state index in [0.29, 0.717) is 12.5 Å². The van der Waals surface area contributed by atoms with Gasteiger partial charge in [0.25, 0.3) is 5.56 Å². The largest absolute Gasteiger partial charge is 0.496 e. The number of benzene rings is 1. The highest BCUT2D eigenvalue weighted by Crippen LogP contribution is 2.34. The van der Waals surface area contributed by atoms with Gasteiger partial charge < -0.3 is 4.74 Å². The summed E-state index contributed by atoms with van der Waals surface area (Å²) in [6, 6.07) is 5.81. The third-order valence-electron chi connectivity index (χ3n) is 5.33. The molecule has 1 aromatic carbocycles. The Bertz CT molecular complexity index is 802. The molecule has 1 heterocycles. The van der Waals surface area contributed by atoms with Crippen LogP contribution in [0.25, 0.3) is 0 Å². The van der Waals surface area contributed by atoms with Gasteiger partial charge in [0.1, 0.15) is 5.75 Å². The zero-order valence-electron chi connectivity index (χ0n) is 15.1. The lowest BCUT2D eigenvalue weighted by atomic mass is 9.97. The molecule has 1 fully saturated rings. The van der Waals surface area contributed by atoms with E-state index in [1.54, 1.807) is 11.8 Å². The van der Waals surface area contributed by atoms with Crippen molar-refractivity contribution in [3.8, 4) is 5.75 Å². The van der Waals surface area contributed by atoms with Gasteiger partial charge in [-0.25, -0.2) is 4.68 Å². The Labute approximate surface area is 143 Å². The number of ether oxygens (including phenoxy) is 1. The van der Waals surface area contributed by atoms with E-state index in [2.05, 4.69) is 12.0 Å². The van der Waals surface area contributed by atoms with Crippen LogP contribution in [-0.4, -0.2) is 16.9 Å². The molecule has 0 N–H and O–H groups in total. The Kier molecular flexibility index (Phi) is 4.74. The molecule has 0 atom stereocenters. The van der Waals surface area contributed by atoms with Crippen LogP contribution in [0, 0.1) is 20.8 Å². The molecule has 1 saturated carbocycles. The number of nitrogens with zero attached hydrogens (tertiary/aromatic N) is 2. The van der Waals surface area contributed by atoms with Gasteiger partial charge in [-0.15, -0.1) is 0 Å². The van der Waals surface area contributed by atoms with Crippen LogP contribution in [0.4, 0.5) is 0 Å². The van der Waals surface area contributed by atoms with Crippen molar-refractivity contribution in [1.82, 2.24) is 9.78 Å². The third kappa shape index (κ3) is 3.10. The maximum Gasteiger partial charge on any atom is 0.267 e. The quantitative estimate of drug-likeness (QED) is 0.856. The Morgan fingerprint density at radius 3 is 2.58 bits per heavy atom. The molecular weight excluding hydrogens is 300 g/mol. The van der Waals surface area contributed by atoms with Crippen molar-refractivity contribution < 1.29 is 4.74 Å². The number of aromatic nitrogens is 2. The predicted octanol–water partition coefficient (Wildman–Crippen LogP) is 3.88. The van der Waals surface area contributed by atoms with Gasteiger partial charge in [0.05, 0.1) is 19.3 Å². The molecule has 4 heteroatoms. The summed E-state index contributed by atoms with van der Waals surface area (Å²) in [4.78, 5) is 12.6. The van der Waals surface area contributed by atoms with Gasteiger partial charge in [0.15, 0.2) is 0 Å². The van der Waals surface area contributed by atoms with Gasteiger partial charge in [-0.3, -0.25) is 4.79 Å². The van der Waals surface area contributed by atoms with E-state index in [1.807, 2.05) is 32.0 Å². The smallest absolute Gasteiger partial charge is 0.267 e. The van der Waals surface area contributed by atoms with E-state index < -0.39 is 0 Å². The fraction of sp³-hybridized carbons (Fsp3) is 0.500. The molecule has 1 aromatic heterocycles. The van der Waals surface area contributed by atoms with Crippen molar-refractivity contribution >= 4 is 0 Å². The molecule has 128 valence electrons.